The molecule has 1 aromatic rings. The lowest BCUT2D eigenvalue weighted by Crippen LogP contribution is -2.35. The zero-order valence-corrected chi connectivity index (χ0v) is 10.9. The fourth-order valence-corrected chi connectivity index (χ4v) is 2.53. The van der Waals surface area contributed by atoms with Gasteiger partial charge in [-0.3, -0.25) is 4.79 Å². The van der Waals surface area contributed by atoms with Crippen LogP contribution in [0.5, 0.6) is 0 Å². The third kappa shape index (κ3) is 2.59. The second kappa shape index (κ2) is 5.41. The number of amides is 1. The van der Waals surface area contributed by atoms with Crippen molar-refractivity contribution in [3.63, 3.8) is 0 Å². The maximum absolute atomic E-state index is 12.5. The molecular weight excluding hydrogens is 283 g/mol. The van der Waals surface area contributed by atoms with Gasteiger partial charge in [-0.05, 0) is 30.5 Å². The SMILES string of the molecule is O=C(C(F)F)N1CCCC1c1ccc(Cl)c(Cl)c1. The zero-order chi connectivity index (χ0) is 13.3. The van der Waals surface area contributed by atoms with Crippen LogP contribution in [0.4, 0.5) is 8.78 Å². The second-order valence-corrected chi connectivity index (χ2v) is 4.98. The molecule has 1 aromatic carbocycles. The summed E-state index contributed by atoms with van der Waals surface area (Å²) >= 11 is 11.7. The highest BCUT2D eigenvalue weighted by Gasteiger charge is 2.34. The number of halogens is 4. The molecule has 0 spiro atoms. The Kier molecular flexibility index (Phi) is 4.07. The highest BCUT2D eigenvalue weighted by atomic mass is 35.5. The van der Waals surface area contributed by atoms with Crippen LogP contribution in [-0.2, 0) is 4.79 Å². The van der Waals surface area contributed by atoms with E-state index in [0.717, 1.165) is 5.56 Å². The van der Waals surface area contributed by atoms with Gasteiger partial charge in [0.05, 0.1) is 16.1 Å². The number of rotatable bonds is 2. The van der Waals surface area contributed by atoms with Gasteiger partial charge >= 0.3 is 6.43 Å². The van der Waals surface area contributed by atoms with Crippen LogP contribution in [0.15, 0.2) is 18.2 Å². The Morgan fingerprint density at radius 3 is 2.67 bits per heavy atom. The van der Waals surface area contributed by atoms with Crippen molar-refractivity contribution in [2.24, 2.45) is 0 Å². The van der Waals surface area contributed by atoms with Crippen molar-refractivity contribution >= 4 is 29.1 Å². The molecule has 0 aliphatic carbocycles. The zero-order valence-electron chi connectivity index (χ0n) is 9.38. The minimum Gasteiger partial charge on any atom is -0.331 e. The van der Waals surface area contributed by atoms with Gasteiger partial charge < -0.3 is 4.90 Å². The summed E-state index contributed by atoms with van der Waals surface area (Å²) in [6.45, 7) is 0.355. The average molecular weight is 294 g/mol. The number of hydrogen-bond acceptors (Lipinski definition) is 1. The monoisotopic (exact) mass is 293 g/mol. The van der Waals surface area contributed by atoms with Gasteiger partial charge in [0.25, 0.3) is 5.91 Å². The van der Waals surface area contributed by atoms with Crippen molar-refractivity contribution < 1.29 is 13.6 Å². The molecule has 0 saturated carbocycles. The van der Waals surface area contributed by atoms with Gasteiger partial charge in [-0.1, -0.05) is 29.3 Å². The summed E-state index contributed by atoms with van der Waals surface area (Å²) in [6.07, 6.45) is -1.59. The Labute approximate surface area is 113 Å². The normalized spacial score (nSPS) is 19.6. The highest BCUT2D eigenvalue weighted by molar-refractivity contribution is 6.42. The Hall–Kier alpha value is -0.870. The predicted molar refractivity (Wildman–Crippen MR) is 66.2 cm³/mol. The molecule has 1 atom stereocenters. The lowest BCUT2D eigenvalue weighted by molar-refractivity contribution is -0.143. The Morgan fingerprint density at radius 1 is 1.33 bits per heavy atom. The van der Waals surface area contributed by atoms with Crippen molar-refractivity contribution in [3.8, 4) is 0 Å². The maximum atomic E-state index is 12.5. The summed E-state index contributed by atoms with van der Waals surface area (Å²) in [4.78, 5) is 12.6. The molecule has 0 radical (unpaired) electrons. The van der Waals surface area contributed by atoms with E-state index in [1.807, 2.05) is 0 Å². The van der Waals surface area contributed by atoms with E-state index in [1.54, 1.807) is 18.2 Å². The Bertz CT molecular complexity index is 467. The van der Waals surface area contributed by atoms with Crippen molar-refractivity contribution in [1.29, 1.82) is 0 Å². The molecule has 1 saturated heterocycles. The van der Waals surface area contributed by atoms with Crippen LogP contribution in [-0.4, -0.2) is 23.8 Å². The number of carbonyl (C=O) groups is 1. The van der Waals surface area contributed by atoms with Gasteiger partial charge in [0, 0.05) is 6.54 Å². The van der Waals surface area contributed by atoms with E-state index >= 15 is 0 Å². The number of alkyl halides is 2. The summed E-state index contributed by atoms with van der Waals surface area (Å²) in [7, 11) is 0. The molecule has 1 amide bonds. The van der Waals surface area contributed by atoms with Gasteiger partial charge in [-0.25, -0.2) is 0 Å². The molecule has 2 rings (SSSR count). The summed E-state index contributed by atoms with van der Waals surface area (Å²) in [5, 5.41) is 0.774. The predicted octanol–water partition coefficient (Wildman–Crippen LogP) is 3.92. The molecule has 2 nitrogen and oxygen atoms in total. The molecule has 18 heavy (non-hydrogen) atoms. The molecule has 1 heterocycles. The van der Waals surface area contributed by atoms with Crippen LogP contribution in [0.2, 0.25) is 10.0 Å². The van der Waals surface area contributed by atoms with E-state index in [2.05, 4.69) is 0 Å². The second-order valence-electron chi connectivity index (χ2n) is 4.16. The van der Waals surface area contributed by atoms with Gasteiger partial charge in [0.15, 0.2) is 0 Å². The lowest BCUT2D eigenvalue weighted by atomic mass is 10.0. The van der Waals surface area contributed by atoms with Gasteiger partial charge in [0.1, 0.15) is 0 Å². The first-order valence-corrected chi connectivity index (χ1v) is 6.30. The number of nitrogens with zero attached hydrogens (tertiary/aromatic N) is 1. The Morgan fingerprint density at radius 2 is 2.06 bits per heavy atom. The summed E-state index contributed by atoms with van der Waals surface area (Å²) in [6, 6.07) is 4.63. The van der Waals surface area contributed by atoms with Crippen LogP contribution in [0, 0.1) is 0 Å². The minimum absolute atomic E-state index is 0.332. The van der Waals surface area contributed by atoms with E-state index in [4.69, 9.17) is 23.2 Å². The van der Waals surface area contributed by atoms with Crippen molar-refractivity contribution in [1.82, 2.24) is 4.90 Å². The topological polar surface area (TPSA) is 20.3 Å². The standard InChI is InChI=1S/C12H11Cl2F2NO/c13-8-4-3-7(6-9(8)14)10-2-1-5-17(10)12(18)11(15)16/h3-4,6,10-11H,1-2,5H2. The fraction of sp³-hybridized carbons (Fsp3) is 0.417. The molecule has 0 N–H and O–H groups in total. The van der Waals surface area contributed by atoms with Crippen LogP contribution in [0.3, 0.4) is 0 Å². The highest BCUT2D eigenvalue weighted by Crippen LogP contribution is 2.35. The molecule has 1 aliphatic heterocycles. The molecular formula is C12H11Cl2F2NO. The largest absolute Gasteiger partial charge is 0.331 e. The summed E-state index contributed by atoms with van der Waals surface area (Å²) in [5.74, 6) is -1.12. The first-order chi connectivity index (χ1) is 8.50. The molecule has 1 fully saturated rings. The number of benzene rings is 1. The van der Waals surface area contributed by atoms with E-state index in [0.29, 0.717) is 29.4 Å². The maximum Gasteiger partial charge on any atom is 0.315 e. The van der Waals surface area contributed by atoms with Crippen molar-refractivity contribution in [3.05, 3.63) is 33.8 Å². The quantitative estimate of drug-likeness (QED) is 0.809. The smallest absolute Gasteiger partial charge is 0.315 e. The van der Waals surface area contributed by atoms with Crippen molar-refractivity contribution in [2.45, 2.75) is 25.3 Å². The van der Waals surface area contributed by atoms with E-state index in [1.165, 1.54) is 4.90 Å². The number of likely N-dealkylation sites (tertiary alicyclic amines) is 1. The third-order valence-electron chi connectivity index (χ3n) is 3.05. The van der Waals surface area contributed by atoms with Gasteiger partial charge in [-0.2, -0.15) is 8.78 Å². The van der Waals surface area contributed by atoms with Crippen molar-refractivity contribution in [2.75, 3.05) is 6.54 Å². The molecule has 0 aromatic heterocycles. The fourth-order valence-electron chi connectivity index (χ4n) is 2.22. The number of hydrogen-bond donors (Lipinski definition) is 0. The first-order valence-electron chi connectivity index (χ1n) is 5.54. The van der Waals surface area contributed by atoms with Crippen LogP contribution in [0.25, 0.3) is 0 Å². The molecule has 6 heteroatoms. The van der Waals surface area contributed by atoms with Crippen LogP contribution >= 0.6 is 23.2 Å². The first kappa shape index (κ1) is 13.6. The lowest BCUT2D eigenvalue weighted by Gasteiger charge is -2.25. The van der Waals surface area contributed by atoms with Crippen LogP contribution < -0.4 is 0 Å². The summed E-state index contributed by atoms with van der Waals surface area (Å²) in [5.41, 5.74) is 0.746. The van der Waals surface area contributed by atoms with Crippen LogP contribution in [0.1, 0.15) is 24.4 Å². The molecule has 1 aliphatic rings. The number of carbonyl (C=O) groups excluding carboxylic acids is 1. The van der Waals surface area contributed by atoms with Gasteiger partial charge in [-0.15, -0.1) is 0 Å². The van der Waals surface area contributed by atoms with E-state index in [-0.39, 0.29) is 6.04 Å². The minimum atomic E-state index is -2.96. The molecule has 1 unspecified atom stereocenters. The van der Waals surface area contributed by atoms with Gasteiger partial charge in [0.2, 0.25) is 0 Å². The summed E-state index contributed by atoms with van der Waals surface area (Å²) < 4.78 is 24.9. The Balaban J connectivity index is 2.26. The average Bonchev–Trinajstić information content (AvgIpc) is 2.80. The third-order valence-corrected chi connectivity index (χ3v) is 3.79. The molecule has 98 valence electrons. The molecule has 0 bridgehead atoms. The van der Waals surface area contributed by atoms with E-state index in [9.17, 15) is 13.6 Å². The van der Waals surface area contributed by atoms with E-state index < -0.39 is 12.3 Å².